The fraction of sp³-hybridized carbons (Fsp3) is 0.857. The van der Waals surface area contributed by atoms with Crippen LogP contribution in [0.25, 0.3) is 0 Å². The molecule has 1 aliphatic heterocycles. The van der Waals surface area contributed by atoms with E-state index in [9.17, 15) is 9.59 Å². The predicted molar refractivity (Wildman–Crippen MR) is 67.8 cm³/mol. The van der Waals surface area contributed by atoms with E-state index >= 15 is 0 Å². The predicted octanol–water partition coefficient (Wildman–Crippen LogP) is 1.30. The van der Waals surface area contributed by atoms with Crippen molar-refractivity contribution in [3.63, 3.8) is 0 Å². The maximum atomic E-state index is 12.6. The van der Waals surface area contributed by atoms with E-state index in [1.807, 2.05) is 11.8 Å². The first-order valence-corrected chi connectivity index (χ1v) is 7.25. The average molecular weight is 250 g/mol. The summed E-state index contributed by atoms with van der Waals surface area (Å²) in [6.07, 6.45) is 6.41. The molecule has 4 heteroatoms. The first-order chi connectivity index (χ1) is 8.65. The lowest BCUT2D eigenvalue weighted by molar-refractivity contribution is -0.136. The molecule has 1 heterocycles. The number of nitrogens with zero attached hydrogens (tertiary/aromatic N) is 1. The van der Waals surface area contributed by atoms with Crippen LogP contribution >= 0.6 is 0 Å². The molecule has 2 saturated carbocycles. The Kier molecular flexibility index (Phi) is 3.04. The number of carbonyl (C=O) groups excluding carboxylic acids is 2. The Bertz CT molecular complexity index is 361. The fourth-order valence-corrected chi connectivity index (χ4v) is 3.04. The van der Waals surface area contributed by atoms with E-state index < -0.39 is 0 Å². The molecule has 1 saturated heterocycles. The van der Waals surface area contributed by atoms with Gasteiger partial charge in [0.1, 0.15) is 6.04 Å². The van der Waals surface area contributed by atoms with Crippen LogP contribution in [-0.2, 0) is 9.59 Å². The SMILES string of the molecule is CC1CC(=O)NC(C2CC2)C(=O)N1CC1CCC1. The zero-order valence-corrected chi connectivity index (χ0v) is 11.0. The van der Waals surface area contributed by atoms with Crippen molar-refractivity contribution >= 4 is 11.8 Å². The topological polar surface area (TPSA) is 49.4 Å². The van der Waals surface area contributed by atoms with Gasteiger partial charge in [0.25, 0.3) is 0 Å². The molecule has 18 heavy (non-hydrogen) atoms. The fourth-order valence-electron chi connectivity index (χ4n) is 3.04. The maximum Gasteiger partial charge on any atom is 0.245 e. The molecule has 2 amide bonds. The summed E-state index contributed by atoms with van der Waals surface area (Å²) in [6.45, 7) is 2.86. The summed E-state index contributed by atoms with van der Waals surface area (Å²) in [5.74, 6) is 1.28. The molecule has 2 unspecified atom stereocenters. The van der Waals surface area contributed by atoms with Gasteiger partial charge in [0.2, 0.25) is 11.8 Å². The van der Waals surface area contributed by atoms with Crippen LogP contribution in [0.2, 0.25) is 0 Å². The van der Waals surface area contributed by atoms with Crippen LogP contribution in [0, 0.1) is 11.8 Å². The standard InChI is InChI=1S/C14H22N2O2/c1-9-7-12(17)15-13(11-5-6-11)14(18)16(9)8-10-3-2-4-10/h9-11,13H,2-8H2,1H3,(H,15,17). The molecule has 3 fully saturated rings. The van der Waals surface area contributed by atoms with Crippen LogP contribution in [-0.4, -0.2) is 35.3 Å². The third kappa shape index (κ3) is 2.25. The van der Waals surface area contributed by atoms with Gasteiger partial charge >= 0.3 is 0 Å². The molecule has 0 bridgehead atoms. The number of amides is 2. The van der Waals surface area contributed by atoms with Gasteiger partial charge in [-0.25, -0.2) is 0 Å². The lowest BCUT2D eigenvalue weighted by Gasteiger charge is -2.35. The van der Waals surface area contributed by atoms with E-state index in [0.717, 1.165) is 19.4 Å². The summed E-state index contributed by atoms with van der Waals surface area (Å²) in [4.78, 5) is 26.4. The van der Waals surface area contributed by atoms with Crippen molar-refractivity contribution in [2.45, 2.75) is 57.5 Å². The summed E-state index contributed by atoms with van der Waals surface area (Å²) < 4.78 is 0. The highest BCUT2D eigenvalue weighted by Crippen LogP contribution is 2.36. The molecule has 0 radical (unpaired) electrons. The zero-order chi connectivity index (χ0) is 12.7. The molecule has 2 aliphatic carbocycles. The van der Waals surface area contributed by atoms with Crippen LogP contribution in [0.1, 0.15) is 45.4 Å². The number of hydrogen-bond acceptors (Lipinski definition) is 2. The number of hydrogen-bond donors (Lipinski definition) is 1. The molecular formula is C14H22N2O2. The molecule has 3 aliphatic rings. The Labute approximate surface area is 108 Å². The van der Waals surface area contributed by atoms with Crippen molar-refractivity contribution < 1.29 is 9.59 Å². The molecule has 0 aromatic carbocycles. The molecule has 2 atom stereocenters. The lowest BCUT2D eigenvalue weighted by atomic mass is 9.84. The average Bonchev–Trinajstić information content (AvgIpc) is 3.06. The Morgan fingerprint density at radius 3 is 2.50 bits per heavy atom. The quantitative estimate of drug-likeness (QED) is 0.821. The molecule has 0 spiro atoms. The van der Waals surface area contributed by atoms with E-state index in [0.29, 0.717) is 18.3 Å². The molecular weight excluding hydrogens is 228 g/mol. The number of nitrogens with one attached hydrogen (secondary N) is 1. The van der Waals surface area contributed by atoms with Crippen molar-refractivity contribution in [1.82, 2.24) is 10.2 Å². The highest BCUT2D eigenvalue weighted by atomic mass is 16.2. The van der Waals surface area contributed by atoms with Crippen molar-refractivity contribution in [2.24, 2.45) is 11.8 Å². The summed E-state index contributed by atoms with van der Waals surface area (Å²) in [7, 11) is 0. The largest absolute Gasteiger partial charge is 0.344 e. The summed E-state index contributed by atoms with van der Waals surface area (Å²) in [5, 5.41) is 2.93. The van der Waals surface area contributed by atoms with Gasteiger partial charge < -0.3 is 10.2 Å². The van der Waals surface area contributed by atoms with Gasteiger partial charge in [-0.3, -0.25) is 9.59 Å². The van der Waals surface area contributed by atoms with Gasteiger partial charge in [-0.2, -0.15) is 0 Å². The Hall–Kier alpha value is -1.06. The van der Waals surface area contributed by atoms with Gasteiger partial charge in [0.15, 0.2) is 0 Å². The Morgan fingerprint density at radius 1 is 1.22 bits per heavy atom. The first kappa shape index (κ1) is 12.0. The molecule has 0 aromatic heterocycles. The van der Waals surface area contributed by atoms with Crippen molar-refractivity contribution in [2.75, 3.05) is 6.54 Å². The molecule has 3 rings (SSSR count). The molecule has 100 valence electrons. The van der Waals surface area contributed by atoms with E-state index in [1.54, 1.807) is 0 Å². The smallest absolute Gasteiger partial charge is 0.245 e. The second kappa shape index (κ2) is 4.56. The van der Waals surface area contributed by atoms with Crippen molar-refractivity contribution in [3.8, 4) is 0 Å². The van der Waals surface area contributed by atoms with E-state index in [-0.39, 0.29) is 23.9 Å². The van der Waals surface area contributed by atoms with E-state index in [4.69, 9.17) is 0 Å². The Balaban J connectivity index is 1.74. The summed E-state index contributed by atoms with van der Waals surface area (Å²) in [5.41, 5.74) is 0. The van der Waals surface area contributed by atoms with Crippen LogP contribution in [0.15, 0.2) is 0 Å². The van der Waals surface area contributed by atoms with Gasteiger partial charge in [-0.1, -0.05) is 6.42 Å². The first-order valence-electron chi connectivity index (χ1n) is 7.25. The number of rotatable bonds is 3. The highest BCUT2D eigenvalue weighted by molar-refractivity contribution is 5.91. The maximum absolute atomic E-state index is 12.6. The second-order valence-electron chi connectivity index (χ2n) is 6.22. The summed E-state index contributed by atoms with van der Waals surface area (Å²) >= 11 is 0. The highest BCUT2D eigenvalue weighted by Gasteiger charge is 2.43. The minimum absolute atomic E-state index is 0.0452. The third-order valence-corrected chi connectivity index (χ3v) is 4.65. The van der Waals surface area contributed by atoms with Crippen LogP contribution in [0.3, 0.4) is 0 Å². The van der Waals surface area contributed by atoms with E-state index in [1.165, 1.54) is 19.3 Å². The normalized spacial score (nSPS) is 33.9. The van der Waals surface area contributed by atoms with Crippen LogP contribution in [0.4, 0.5) is 0 Å². The molecule has 1 N–H and O–H groups in total. The monoisotopic (exact) mass is 250 g/mol. The third-order valence-electron chi connectivity index (χ3n) is 4.65. The van der Waals surface area contributed by atoms with Gasteiger partial charge in [-0.05, 0) is 44.4 Å². The van der Waals surface area contributed by atoms with E-state index in [2.05, 4.69) is 5.32 Å². The minimum Gasteiger partial charge on any atom is -0.344 e. The van der Waals surface area contributed by atoms with Crippen molar-refractivity contribution in [1.29, 1.82) is 0 Å². The summed E-state index contributed by atoms with van der Waals surface area (Å²) in [6, 6.07) is -0.177. The minimum atomic E-state index is -0.234. The molecule has 4 nitrogen and oxygen atoms in total. The van der Waals surface area contributed by atoms with Gasteiger partial charge in [0, 0.05) is 19.0 Å². The Morgan fingerprint density at radius 2 is 1.94 bits per heavy atom. The lowest BCUT2D eigenvalue weighted by Crippen LogP contribution is -2.49. The second-order valence-corrected chi connectivity index (χ2v) is 6.22. The van der Waals surface area contributed by atoms with Gasteiger partial charge in [-0.15, -0.1) is 0 Å². The van der Waals surface area contributed by atoms with Crippen LogP contribution in [0.5, 0.6) is 0 Å². The number of carbonyl (C=O) groups is 2. The van der Waals surface area contributed by atoms with Crippen LogP contribution < -0.4 is 5.32 Å². The van der Waals surface area contributed by atoms with Crippen molar-refractivity contribution in [3.05, 3.63) is 0 Å². The molecule has 0 aromatic rings. The zero-order valence-electron chi connectivity index (χ0n) is 11.0. The van der Waals surface area contributed by atoms with Gasteiger partial charge in [0.05, 0.1) is 0 Å².